The molecule has 88 valence electrons. The monoisotopic (exact) mass is 241 g/mol. The molecule has 0 amide bonds. The zero-order valence-corrected chi connectivity index (χ0v) is 10.3. The van der Waals surface area contributed by atoms with Gasteiger partial charge in [0.25, 0.3) is 0 Å². The van der Waals surface area contributed by atoms with Crippen molar-refractivity contribution in [2.24, 2.45) is 0 Å². The van der Waals surface area contributed by atoms with Gasteiger partial charge >= 0.3 is 0 Å². The van der Waals surface area contributed by atoms with E-state index < -0.39 is 9.84 Å². The maximum atomic E-state index is 11.3. The van der Waals surface area contributed by atoms with Crippen LogP contribution in [0.3, 0.4) is 0 Å². The van der Waals surface area contributed by atoms with E-state index in [-0.39, 0.29) is 10.8 Å². The lowest BCUT2D eigenvalue weighted by Gasteiger charge is -2.02. The van der Waals surface area contributed by atoms with Crippen molar-refractivity contribution >= 4 is 15.6 Å². The Morgan fingerprint density at radius 1 is 1.44 bits per heavy atom. The predicted molar refractivity (Wildman–Crippen MR) is 61.0 cm³/mol. The van der Waals surface area contributed by atoms with Crippen molar-refractivity contribution in [1.82, 2.24) is 4.98 Å². The average molecular weight is 241 g/mol. The van der Waals surface area contributed by atoms with Gasteiger partial charge in [-0.2, -0.15) is 0 Å². The van der Waals surface area contributed by atoms with Gasteiger partial charge in [0.1, 0.15) is 5.78 Å². The van der Waals surface area contributed by atoms with E-state index >= 15 is 0 Å². The molecule has 0 fully saturated rings. The van der Waals surface area contributed by atoms with Crippen LogP contribution in [0.4, 0.5) is 0 Å². The molecule has 4 nitrogen and oxygen atoms in total. The Morgan fingerprint density at radius 2 is 2.12 bits per heavy atom. The second-order valence-corrected chi connectivity index (χ2v) is 5.79. The summed E-state index contributed by atoms with van der Waals surface area (Å²) in [5.41, 5.74) is 0.900. The van der Waals surface area contributed by atoms with Crippen molar-refractivity contribution < 1.29 is 13.2 Å². The standard InChI is InChI=1S/C11H15NO3S/c1-9(13)4-3-5-10-6-7-12-11(8-10)16(2,14)15/h6-8H,3-5H2,1-2H3. The normalized spacial score (nSPS) is 11.4. The number of aryl methyl sites for hydroxylation is 1. The SMILES string of the molecule is CC(=O)CCCc1ccnc(S(C)(=O)=O)c1. The highest BCUT2D eigenvalue weighted by Gasteiger charge is 2.08. The lowest BCUT2D eigenvalue weighted by molar-refractivity contribution is -0.117. The van der Waals surface area contributed by atoms with Gasteiger partial charge in [-0.1, -0.05) is 0 Å². The minimum atomic E-state index is -3.24. The molecule has 0 saturated heterocycles. The fraction of sp³-hybridized carbons (Fsp3) is 0.455. The molecule has 0 bridgehead atoms. The molecule has 1 rings (SSSR count). The van der Waals surface area contributed by atoms with Crippen molar-refractivity contribution in [3.05, 3.63) is 23.9 Å². The largest absolute Gasteiger partial charge is 0.300 e. The van der Waals surface area contributed by atoms with Crippen LogP contribution in [0, 0.1) is 0 Å². The molecule has 0 aliphatic heterocycles. The summed E-state index contributed by atoms with van der Waals surface area (Å²) in [4.78, 5) is 14.6. The van der Waals surface area contributed by atoms with Gasteiger partial charge in [-0.3, -0.25) is 0 Å². The third-order valence-electron chi connectivity index (χ3n) is 2.17. The lowest BCUT2D eigenvalue weighted by Crippen LogP contribution is -2.01. The van der Waals surface area contributed by atoms with Crippen LogP contribution < -0.4 is 0 Å². The Kier molecular flexibility index (Phi) is 4.18. The number of hydrogen-bond acceptors (Lipinski definition) is 4. The number of rotatable bonds is 5. The highest BCUT2D eigenvalue weighted by Crippen LogP contribution is 2.10. The molecule has 0 aromatic carbocycles. The molecular formula is C11H15NO3S. The molecule has 5 heteroatoms. The molecule has 16 heavy (non-hydrogen) atoms. The summed E-state index contributed by atoms with van der Waals surface area (Å²) in [6.07, 6.45) is 4.58. The second kappa shape index (κ2) is 5.21. The van der Waals surface area contributed by atoms with Gasteiger partial charge in [-0.15, -0.1) is 0 Å². The fourth-order valence-electron chi connectivity index (χ4n) is 1.35. The van der Waals surface area contributed by atoms with Crippen LogP contribution in [0.15, 0.2) is 23.4 Å². The van der Waals surface area contributed by atoms with Crippen LogP contribution in [0.25, 0.3) is 0 Å². The molecule has 0 radical (unpaired) electrons. The van der Waals surface area contributed by atoms with Crippen LogP contribution in [-0.4, -0.2) is 25.4 Å². The molecule has 0 spiro atoms. The van der Waals surface area contributed by atoms with E-state index in [1.807, 2.05) is 0 Å². The van der Waals surface area contributed by atoms with E-state index in [0.717, 1.165) is 18.2 Å². The van der Waals surface area contributed by atoms with Gasteiger partial charge in [0.05, 0.1) is 0 Å². The molecule has 0 atom stereocenters. The van der Waals surface area contributed by atoms with E-state index in [9.17, 15) is 13.2 Å². The van der Waals surface area contributed by atoms with Crippen molar-refractivity contribution in [1.29, 1.82) is 0 Å². The summed E-state index contributed by atoms with van der Waals surface area (Å²) in [6.45, 7) is 1.55. The van der Waals surface area contributed by atoms with Gasteiger partial charge < -0.3 is 4.79 Å². The molecule has 1 aromatic heterocycles. The molecule has 0 N–H and O–H groups in total. The molecule has 0 aliphatic carbocycles. The van der Waals surface area contributed by atoms with Crippen LogP contribution in [0.2, 0.25) is 0 Å². The summed E-state index contributed by atoms with van der Waals surface area (Å²) in [5, 5.41) is 0.0906. The summed E-state index contributed by atoms with van der Waals surface area (Å²) in [7, 11) is -3.24. The zero-order valence-electron chi connectivity index (χ0n) is 9.43. The van der Waals surface area contributed by atoms with Gasteiger partial charge in [-0.05, 0) is 37.5 Å². The number of carbonyl (C=O) groups is 1. The number of Topliss-reactive ketones (excluding diaryl/α,β-unsaturated/α-hetero) is 1. The maximum Gasteiger partial charge on any atom is 0.192 e. The first kappa shape index (κ1) is 12.8. The molecule has 0 unspecified atom stereocenters. The van der Waals surface area contributed by atoms with E-state index in [1.54, 1.807) is 19.1 Å². The van der Waals surface area contributed by atoms with Crippen LogP contribution in [-0.2, 0) is 21.1 Å². The van der Waals surface area contributed by atoms with Gasteiger partial charge in [-0.25, -0.2) is 13.4 Å². The topological polar surface area (TPSA) is 64.1 Å². The first-order chi connectivity index (χ1) is 7.39. The second-order valence-electron chi connectivity index (χ2n) is 3.83. The van der Waals surface area contributed by atoms with Gasteiger partial charge in [0.2, 0.25) is 0 Å². The first-order valence-electron chi connectivity index (χ1n) is 5.04. The Balaban J connectivity index is 2.72. The molecule has 1 aromatic rings. The molecular weight excluding hydrogens is 226 g/mol. The van der Waals surface area contributed by atoms with E-state index in [2.05, 4.69) is 4.98 Å². The maximum absolute atomic E-state index is 11.3. The number of aromatic nitrogens is 1. The van der Waals surface area contributed by atoms with Crippen molar-refractivity contribution in [3.8, 4) is 0 Å². The summed E-state index contributed by atoms with van der Waals surface area (Å²) >= 11 is 0. The summed E-state index contributed by atoms with van der Waals surface area (Å²) in [5.74, 6) is 0.150. The first-order valence-corrected chi connectivity index (χ1v) is 6.93. The molecule has 0 saturated carbocycles. The number of hydrogen-bond donors (Lipinski definition) is 0. The zero-order chi connectivity index (χ0) is 12.2. The van der Waals surface area contributed by atoms with Crippen molar-refractivity contribution in [3.63, 3.8) is 0 Å². The Hall–Kier alpha value is -1.23. The highest BCUT2D eigenvalue weighted by molar-refractivity contribution is 7.90. The van der Waals surface area contributed by atoms with Crippen molar-refractivity contribution in [2.45, 2.75) is 31.2 Å². The number of sulfone groups is 1. The van der Waals surface area contributed by atoms with E-state index in [4.69, 9.17) is 0 Å². The Morgan fingerprint density at radius 3 is 2.69 bits per heavy atom. The Bertz CT molecular complexity index is 480. The average Bonchev–Trinajstić information content (AvgIpc) is 2.16. The predicted octanol–water partition coefficient (Wildman–Crippen LogP) is 1.40. The van der Waals surface area contributed by atoms with Gasteiger partial charge in [0.15, 0.2) is 14.9 Å². The summed E-state index contributed by atoms with van der Waals surface area (Å²) in [6, 6.07) is 3.34. The van der Waals surface area contributed by atoms with Gasteiger partial charge in [0, 0.05) is 18.9 Å². The van der Waals surface area contributed by atoms with Crippen molar-refractivity contribution in [2.75, 3.05) is 6.26 Å². The fourth-order valence-corrected chi connectivity index (χ4v) is 1.97. The number of carbonyl (C=O) groups excluding carboxylic acids is 1. The minimum Gasteiger partial charge on any atom is -0.300 e. The Labute approximate surface area is 95.6 Å². The number of pyridine rings is 1. The summed E-state index contributed by atoms with van der Waals surface area (Å²) < 4.78 is 22.5. The van der Waals surface area contributed by atoms with E-state index in [0.29, 0.717) is 12.8 Å². The molecule has 1 heterocycles. The smallest absolute Gasteiger partial charge is 0.192 e. The van der Waals surface area contributed by atoms with E-state index in [1.165, 1.54) is 6.20 Å². The third-order valence-corrected chi connectivity index (χ3v) is 3.16. The lowest BCUT2D eigenvalue weighted by atomic mass is 10.1. The van der Waals surface area contributed by atoms with Crippen LogP contribution >= 0.6 is 0 Å². The number of nitrogens with zero attached hydrogens (tertiary/aromatic N) is 1. The van der Waals surface area contributed by atoms with Crippen LogP contribution in [0.1, 0.15) is 25.3 Å². The quantitative estimate of drug-likeness (QED) is 0.781. The van der Waals surface area contributed by atoms with Crippen LogP contribution in [0.5, 0.6) is 0 Å². The molecule has 0 aliphatic rings. The number of ketones is 1. The minimum absolute atomic E-state index is 0.0906. The third kappa shape index (κ3) is 4.10. The highest BCUT2D eigenvalue weighted by atomic mass is 32.2.